The summed E-state index contributed by atoms with van der Waals surface area (Å²) >= 11 is 0. The quantitative estimate of drug-likeness (QED) is 0.812. The lowest BCUT2D eigenvalue weighted by atomic mass is 9.91. The van der Waals surface area contributed by atoms with Crippen LogP contribution in [0, 0.1) is 0 Å². The van der Waals surface area contributed by atoms with Crippen LogP contribution in [-0.4, -0.2) is 22.7 Å². The molecule has 17 heavy (non-hydrogen) atoms. The number of hydrogen-bond acceptors (Lipinski definition) is 4. The van der Waals surface area contributed by atoms with Gasteiger partial charge in [0.25, 0.3) is 0 Å². The highest BCUT2D eigenvalue weighted by Gasteiger charge is 2.28. The van der Waals surface area contributed by atoms with Crippen LogP contribution in [0.1, 0.15) is 34.6 Å². The first-order valence-electron chi connectivity index (χ1n) is 5.40. The predicted octanol–water partition coefficient (Wildman–Crippen LogP) is 1.65. The molecule has 0 saturated carbocycles. The third kappa shape index (κ3) is 1.93. The second kappa shape index (κ2) is 4.05. The van der Waals surface area contributed by atoms with Crippen molar-refractivity contribution in [3.05, 3.63) is 41.1 Å². The van der Waals surface area contributed by atoms with Gasteiger partial charge in [0.05, 0.1) is 11.3 Å². The van der Waals surface area contributed by atoms with E-state index < -0.39 is 0 Å². The maximum Gasteiger partial charge on any atom is 0.213 e. The minimum atomic E-state index is -0.341. The van der Waals surface area contributed by atoms with E-state index in [9.17, 15) is 14.7 Å². The molecule has 4 heteroatoms. The van der Waals surface area contributed by atoms with Gasteiger partial charge in [-0.2, -0.15) is 0 Å². The van der Waals surface area contributed by atoms with Crippen LogP contribution in [0.3, 0.4) is 0 Å². The van der Waals surface area contributed by atoms with Crippen LogP contribution in [0.5, 0.6) is 5.75 Å². The summed E-state index contributed by atoms with van der Waals surface area (Å²) in [5, 5.41) is 12.6. The number of Topliss-reactive ketones (excluding diaryl/α,β-unsaturated/α-hetero) is 1. The number of phenolic OH excluding ortho intramolecular Hbond substituents is 1. The topological polar surface area (TPSA) is 66.4 Å². The fourth-order valence-corrected chi connectivity index (χ4v) is 1.81. The lowest BCUT2D eigenvalue weighted by Crippen LogP contribution is -2.31. The molecule has 0 unspecified atom stereocenters. The number of ketones is 2. The van der Waals surface area contributed by atoms with E-state index in [0.29, 0.717) is 0 Å². The Morgan fingerprint density at radius 3 is 2.59 bits per heavy atom. The van der Waals surface area contributed by atoms with Gasteiger partial charge in [-0.15, -0.1) is 0 Å². The van der Waals surface area contributed by atoms with Crippen LogP contribution < -0.4 is 5.32 Å². The van der Waals surface area contributed by atoms with Crippen molar-refractivity contribution in [2.24, 2.45) is 0 Å². The maximum absolute atomic E-state index is 12.1. The van der Waals surface area contributed by atoms with Crippen molar-refractivity contribution in [2.75, 3.05) is 0 Å². The van der Waals surface area contributed by atoms with Crippen LogP contribution in [0.25, 0.3) is 0 Å². The first kappa shape index (κ1) is 11.4. The van der Waals surface area contributed by atoms with E-state index in [2.05, 4.69) is 5.32 Å². The number of phenols is 1. The molecule has 0 radical (unpaired) electrons. The summed E-state index contributed by atoms with van der Waals surface area (Å²) in [7, 11) is 0. The van der Waals surface area contributed by atoms with E-state index in [-0.39, 0.29) is 40.2 Å². The van der Waals surface area contributed by atoms with Gasteiger partial charge in [-0.25, -0.2) is 0 Å². The molecule has 2 N–H and O–H groups in total. The molecule has 1 aliphatic carbocycles. The Labute approximate surface area is 99.0 Å². The molecule has 1 aliphatic rings. The van der Waals surface area contributed by atoms with Gasteiger partial charge >= 0.3 is 0 Å². The molecule has 0 fully saturated rings. The molecule has 1 aromatic rings. The molecule has 0 spiro atoms. The number of benzene rings is 1. The zero-order valence-corrected chi connectivity index (χ0v) is 9.65. The summed E-state index contributed by atoms with van der Waals surface area (Å²) in [4.78, 5) is 23.9. The number of allylic oxidation sites excluding steroid dienone is 2. The highest BCUT2D eigenvalue weighted by atomic mass is 16.3. The van der Waals surface area contributed by atoms with Crippen LogP contribution >= 0.6 is 0 Å². The Hall–Kier alpha value is -2.10. The van der Waals surface area contributed by atoms with E-state index in [1.165, 1.54) is 18.2 Å². The predicted molar refractivity (Wildman–Crippen MR) is 63.1 cm³/mol. The zero-order chi connectivity index (χ0) is 12.6. The number of rotatable bonds is 2. The van der Waals surface area contributed by atoms with Gasteiger partial charge in [0.1, 0.15) is 5.75 Å². The van der Waals surface area contributed by atoms with Gasteiger partial charge in [-0.3, -0.25) is 9.59 Å². The molecule has 4 nitrogen and oxygen atoms in total. The highest BCUT2D eigenvalue weighted by molar-refractivity contribution is 6.25. The fourth-order valence-electron chi connectivity index (χ4n) is 1.81. The number of aromatic hydroxyl groups is 1. The Morgan fingerprint density at radius 1 is 1.24 bits per heavy atom. The largest absolute Gasteiger partial charge is 0.507 e. The minimum absolute atomic E-state index is 0.0467. The van der Waals surface area contributed by atoms with Crippen molar-refractivity contribution in [1.82, 2.24) is 5.32 Å². The molecule has 0 bridgehead atoms. The minimum Gasteiger partial charge on any atom is -0.507 e. The van der Waals surface area contributed by atoms with Crippen molar-refractivity contribution >= 4 is 11.6 Å². The summed E-state index contributed by atoms with van der Waals surface area (Å²) in [6.07, 6.45) is 1.28. The van der Waals surface area contributed by atoms with Gasteiger partial charge < -0.3 is 10.4 Å². The summed E-state index contributed by atoms with van der Waals surface area (Å²) in [6, 6.07) is 4.54. The van der Waals surface area contributed by atoms with Crippen molar-refractivity contribution in [3.63, 3.8) is 0 Å². The van der Waals surface area contributed by atoms with Gasteiger partial charge in [-0.05, 0) is 19.9 Å². The van der Waals surface area contributed by atoms with E-state index in [1.807, 2.05) is 13.8 Å². The molecule has 0 heterocycles. The molecule has 0 amide bonds. The molecular formula is C13H13NO3. The maximum atomic E-state index is 12.1. The van der Waals surface area contributed by atoms with Crippen molar-refractivity contribution in [3.8, 4) is 5.75 Å². The molecule has 2 rings (SSSR count). The Balaban J connectivity index is 2.51. The summed E-state index contributed by atoms with van der Waals surface area (Å²) in [5.41, 5.74) is 0.575. The van der Waals surface area contributed by atoms with Crippen LogP contribution in [-0.2, 0) is 0 Å². The number of hydrogen-bond donors (Lipinski definition) is 2. The summed E-state index contributed by atoms with van der Waals surface area (Å²) in [5.74, 6) is -0.762. The standard InChI is InChI=1S/C13H13NO3/c1-7(2)14-9-6-11(16)8-4-3-5-10(15)12(8)13(9)17/h3-7,14-15H,1-2H3. The second-order valence-electron chi connectivity index (χ2n) is 4.25. The summed E-state index contributed by atoms with van der Waals surface area (Å²) < 4.78 is 0. The van der Waals surface area contributed by atoms with E-state index in [4.69, 9.17) is 0 Å². The Bertz CT molecular complexity index is 529. The van der Waals surface area contributed by atoms with Crippen molar-refractivity contribution in [2.45, 2.75) is 19.9 Å². The Morgan fingerprint density at radius 2 is 1.94 bits per heavy atom. The summed E-state index contributed by atoms with van der Waals surface area (Å²) in [6.45, 7) is 3.75. The monoisotopic (exact) mass is 231 g/mol. The van der Waals surface area contributed by atoms with Gasteiger partial charge in [0, 0.05) is 17.7 Å². The molecule has 0 aliphatic heterocycles. The van der Waals surface area contributed by atoms with Crippen molar-refractivity contribution < 1.29 is 14.7 Å². The van der Waals surface area contributed by atoms with E-state index in [0.717, 1.165) is 0 Å². The van der Waals surface area contributed by atoms with Gasteiger partial charge in [0.15, 0.2) is 5.78 Å². The average molecular weight is 231 g/mol. The third-order valence-corrected chi connectivity index (χ3v) is 2.50. The van der Waals surface area contributed by atoms with Gasteiger partial charge in [-0.1, -0.05) is 12.1 Å². The van der Waals surface area contributed by atoms with Crippen LogP contribution in [0.2, 0.25) is 0 Å². The Kier molecular flexibility index (Phi) is 2.71. The average Bonchev–Trinajstić information content (AvgIpc) is 2.24. The number of carbonyl (C=O) groups is 2. The van der Waals surface area contributed by atoms with Crippen LogP contribution in [0.4, 0.5) is 0 Å². The SMILES string of the molecule is CC(C)NC1=CC(=O)c2cccc(O)c2C1=O. The van der Waals surface area contributed by atoms with Gasteiger partial charge in [0.2, 0.25) is 5.78 Å². The highest BCUT2D eigenvalue weighted by Crippen LogP contribution is 2.27. The molecule has 1 aromatic carbocycles. The van der Waals surface area contributed by atoms with Crippen molar-refractivity contribution in [1.29, 1.82) is 0 Å². The third-order valence-electron chi connectivity index (χ3n) is 2.50. The molecule has 88 valence electrons. The van der Waals surface area contributed by atoms with Crippen LogP contribution in [0.15, 0.2) is 30.0 Å². The molecule has 0 atom stereocenters. The molecule has 0 saturated heterocycles. The number of carbonyl (C=O) groups excluding carboxylic acids is 2. The lowest BCUT2D eigenvalue weighted by molar-refractivity contribution is 0.0974. The molecule has 0 aromatic heterocycles. The normalized spacial score (nSPS) is 14.6. The van der Waals surface area contributed by atoms with E-state index >= 15 is 0 Å². The first-order chi connectivity index (χ1) is 8.00. The van der Waals surface area contributed by atoms with E-state index in [1.54, 1.807) is 6.07 Å². The molecular weight excluding hydrogens is 218 g/mol. The second-order valence-corrected chi connectivity index (χ2v) is 4.25. The zero-order valence-electron chi connectivity index (χ0n) is 9.65. The first-order valence-corrected chi connectivity index (χ1v) is 5.40. The number of nitrogens with one attached hydrogen (secondary N) is 1. The fraction of sp³-hybridized carbons (Fsp3) is 0.231. The lowest BCUT2D eigenvalue weighted by Gasteiger charge is -2.19. The number of fused-ring (bicyclic) bond motifs is 1. The smallest absolute Gasteiger partial charge is 0.213 e.